The highest BCUT2D eigenvalue weighted by Gasteiger charge is 2.22. The van der Waals surface area contributed by atoms with Crippen LogP contribution in [0.25, 0.3) is 0 Å². The van der Waals surface area contributed by atoms with Crippen LogP contribution in [0.15, 0.2) is 23.1 Å². The third-order valence-electron chi connectivity index (χ3n) is 4.46. The van der Waals surface area contributed by atoms with Crippen molar-refractivity contribution in [2.75, 3.05) is 32.4 Å². The van der Waals surface area contributed by atoms with E-state index in [0.29, 0.717) is 5.75 Å². The first-order chi connectivity index (χ1) is 10.6. The molecule has 0 unspecified atom stereocenters. The molecule has 1 N–H and O–H groups in total. The van der Waals surface area contributed by atoms with Gasteiger partial charge in [-0.15, -0.1) is 24.2 Å². The third-order valence-corrected chi connectivity index (χ3v) is 5.61. The number of hydrogen-bond donors (Lipinski definition) is 1. The van der Waals surface area contributed by atoms with Crippen molar-refractivity contribution in [3.05, 3.63) is 29.3 Å². The first-order valence-electron chi connectivity index (χ1n) is 8.22. The van der Waals surface area contributed by atoms with Crippen LogP contribution >= 0.6 is 24.2 Å². The number of aryl methyl sites for hydroxylation is 2. The Morgan fingerprint density at radius 3 is 2.65 bits per heavy atom. The van der Waals surface area contributed by atoms with E-state index >= 15 is 0 Å². The standard InChI is InChI=1S/C18H28N2OS.ClH/c1-14-4-5-15(2)17(12-14)22-13-18(21)20-10-7-16(8-11-20)6-9-19-3;/h4-5,12,16,19H,6-11,13H2,1-3H3;1H. The summed E-state index contributed by atoms with van der Waals surface area (Å²) in [5.41, 5.74) is 2.51. The van der Waals surface area contributed by atoms with Gasteiger partial charge in [0.2, 0.25) is 5.91 Å². The van der Waals surface area contributed by atoms with Gasteiger partial charge in [0.1, 0.15) is 0 Å². The van der Waals surface area contributed by atoms with Crippen LogP contribution in [0.3, 0.4) is 0 Å². The second-order valence-corrected chi connectivity index (χ2v) is 7.29. The van der Waals surface area contributed by atoms with E-state index in [2.05, 4.69) is 37.4 Å². The summed E-state index contributed by atoms with van der Waals surface area (Å²) in [5, 5.41) is 3.21. The van der Waals surface area contributed by atoms with Crippen molar-refractivity contribution in [2.45, 2.75) is 38.0 Å². The molecule has 1 aliphatic heterocycles. The Morgan fingerprint density at radius 1 is 1.30 bits per heavy atom. The summed E-state index contributed by atoms with van der Waals surface area (Å²) in [6, 6.07) is 6.43. The highest BCUT2D eigenvalue weighted by Crippen LogP contribution is 2.25. The van der Waals surface area contributed by atoms with Crippen molar-refractivity contribution in [3.8, 4) is 0 Å². The van der Waals surface area contributed by atoms with Gasteiger partial charge in [-0.25, -0.2) is 0 Å². The molecule has 1 aromatic rings. The lowest BCUT2D eigenvalue weighted by molar-refractivity contribution is -0.129. The lowest BCUT2D eigenvalue weighted by Gasteiger charge is -2.32. The van der Waals surface area contributed by atoms with E-state index in [1.807, 2.05) is 11.9 Å². The Labute approximate surface area is 151 Å². The Hall–Kier alpha value is -0.710. The molecular weight excluding hydrogens is 328 g/mol. The van der Waals surface area contributed by atoms with Gasteiger partial charge in [-0.05, 0) is 64.3 Å². The van der Waals surface area contributed by atoms with Crippen LogP contribution in [0.1, 0.15) is 30.4 Å². The van der Waals surface area contributed by atoms with Crippen molar-refractivity contribution >= 4 is 30.1 Å². The number of rotatable bonds is 6. The Morgan fingerprint density at radius 2 is 2.00 bits per heavy atom. The van der Waals surface area contributed by atoms with Gasteiger partial charge in [0.15, 0.2) is 0 Å². The van der Waals surface area contributed by atoms with E-state index < -0.39 is 0 Å². The molecule has 23 heavy (non-hydrogen) atoms. The van der Waals surface area contributed by atoms with E-state index in [4.69, 9.17) is 0 Å². The number of nitrogens with zero attached hydrogens (tertiary/aromatic N) is 1. The van der Waals surface area contributed by atoms with Crippen LogP contribution in [0.4, 0.5) is 0 Å². The fraction of sp³-hybridized carbons (Fsp3) is 0.611. The van der Waals surface area contributed by atoms with Gasteiger partial charge in [-0.1, -0.05) is 17.7 Å². The number of carbonyl (C=O) groups is 1. The first kappa shape index (κ1) is 20.3. The number of thioether (sulfide) groups is 1. The molecule has 1 fully saturated rings. The van der Waals surface area contributed by atoms with E-state index in [1.54, 1.807) is 11.8 Å². The lowest BCUT2D eigenvalue weighted by Crippen LogP contribution is -2.39. The maximum absolute atomic E-state index is 12.4. The van der Waals surface area contributed by atoms with E-state index in [0.717, 1.165) is 38.4 Å². The molecule has 0 atom stereocenters. The zero-order chi connectivity index (χ0) is 15.9. The lowest BCUT2D eigenvalue weighted by atomic mass is 9.93. The van der Waals surface area contributed by atoms with Crippen molar-refractivity contribution in [1.82, 2.24) is 10.2 Å². The minimum atomic E-state index is 0. The largest absolute Gasteiger partial charge is 0.342 e. The summed E-state index contributed by atoms with van der Waals surface area (Å²) in [6.45, 7) is 7.16. The van der Waals surface area contributed by atoms with Gasteiger partial charge in [-0.3, -0.25) is 4.79 Å². The summed E-state index contributed by atoms with van der Waals surface area (Å²) >= 11 is 1.68. The summed E-state index contributed by atoms with van der Waals surface area (Å²) in [4.78, 5) is 15.7. The number of nitrogens with one attached hydrogen (secondary N) is 1. The van der Waals surface area contributed by atoms with Crippen LogP contribution in [-0.4, -0.2) is 43.2 Å². The first-order valence-corrected chi connectivity index (χ1v) is 9.21. The predicted octanol–water partition coefficient (Wildman–Crippen LogP) is 3.67. The number of benzene rings is 1. The average Bonchev–Trinajstić information content (AvgIpc) is 2.54. The maximum Gasteiger partial charge on any atom is 0.232 e. The molecule has 3 nitrogen and oxygen atoms in total. The number of piperidine rings is 1. The normalized spacial score (nSPS) is 15.3. The van der Waals surface area contributed by atoms with Crippen molar-refractivity contribution in [3.63, 3.8) is 0 Å². The molecule has 1 aromatic carbocycles. The minimum Gasteiger partial charge on any atom is -0.342 e. The SMILES string of the molecule is CNCCC1CCN(C(=O)CSc2cc(C)ccc2C)CC1.Cl. The van der Waals surface area contributed by atoms with E-state index in [-0.39, 0.29) is 18.3 Å². The molecule has 1 heterocycles. The second kappa shape index (κ2) is 10.2. The number of amides is 1. The molecule has 0 aliphatic carbocycles. The molecule has 0 aromatic heterocycles. The zero-order valence-electron chi connectivity index (χ0n) is 14.4. The van der Waals surface area contributed by atoms with Gasteiger partial charge in [-0.2, -0.15) is 0 Å². The van der Waals surface area contributed by atoms with Crippen molar-refractivity contribution in [1.29, 1.82) is 0 Å². The summed E-state index contributed by atoms with van der Waals surface area (Å²) < 4.78 is 0. The van der Waals surface area contributed by atoms with Gasteiger partial charge >= 0.3 is 0 Å². The topological polar surface area (TPSA) is 32.3 Å². The maximum atomic E-state index is 12.4. The van der Waals surface area contributed by atoms with Crippen LogP contribution in [0.5, 0.6) is 0 Å². The number of carbonyl (C=O) groups excluding carboxylic acids is 1. The smallest absolute Gasteiger partial charge is 0.232 e. The van der Waals surface area contributed by atoms with Crippen molar-refractivity contribution in [2.24, 2.45) is 5.92 Å². The van der Waals surface area contributed by atoms with Crippen LogP contribution in [0.2, 0.25) is 0 Å². The molecule has 0 bridgehead atoms. The summed E-state index contributed by atoms with van der Waals surface area (Å²) in [5.74, 6) is 1.63. The Kier molecular flexibility index (Phi) is 9.03. The molecule has 0 saturated carbocycles. The summed E-state index contributed by atoms with van der Waals surface area (Å²) in [7, 11) is 2.00. The van der Waals surface area contributed by atoms with Gasteiger partial charge in [0, 0.05) is 18.0 Å². The molecule has 0 radical (unpaired) electrons. The number of hydrogen-bond acceptors (Lipinski definition) is 3. The summed E-state index contributed by atoms with van der Waals surface area (Å²) in [6.07, 6.45) is 3.54. The quantitative estimate of drug-likeness (QED) is 0.789. The van der Waals surface area contributed by atoms with Crippen molar-refractivity contribution < 1.29 is 4.79 Å². The molecule has 1 amide bonds. The third kappa shape index (κ3) is 6.36. The molecule has 5 heteroatoms. The Bertz CT molecular complexity index is 502. The molecular formula is C18H29ClN2OS. The molecule has 1 saturated heterocycles. The predicted molar refractivity (Wildman–Crippen MR) is 102 cm³/mol. The van der Waals surface area contributed by atoms with Crippen LogP contribution in [-0.2, 0) is 4.79 Å². The zero-order valence-corrected chi connectivity index (χ0v) is 16.1. The monoisotopic (exact) mass is 356 g/mol. The van der Waals surface area contributed by atoms with Gasteiger partial charge < -0.3 is 10.2 Å². The van der Waals surface area contributed by atoms with Crippen LogP contribution in [0, 0.1) is 19.8 Å². The second-order valence-electron chi connectivity index (χ2n) is 6.27. The average molecular weight is 357 g/mol. The minimum absolute atomic E-state index is 0. The number of likely N-dealkylation sites (tertiary alicyclic amines) is 1. The molecule has 1 aliphatic rings. The van der Waals surface area contributed by atoms with E-state index in [9.17, 15) is 4.79 Å². The Balaban J connectivity index is 0.00000264. The number of halogens is 1. The van der Waals surface area contributed by atoms with Gasteiger partial charge in [0.05, 0.1) is 5.75 Å². The fourth-order valence-electron chi connectivity index (χ4n) is 2.91. The highest BCUT2D eigenvalue weighted by atomic mass is 35.5. The highest BCUT2D eigenvalue weighted by molar-refractivity contribution is 8.00. The fourth-order valence-corrected chi connectivity index (χ4v) is 3.94. The van der Waals surface area contributed by atoms with Gasteiger partial charge in [0.25, 0.3) is 0 Å². The molecule has 130 valence electrons. The van der Waals surface area contributed by atoms with E-state index in [1.165, 1.54) is 22.4 Å². The molecule has 2 rings (SSSR count). The molecule has 0 spiro atoms. The van der Waals surface area contributed by atoms with Crippen LogP contribution < -0.4 is 5.32 Å².